The normalized spacial score (nSPS) is 15.6. The van der Waals surface area contributed by atoms with Crippen LogP contribution in [-0.4, -0.2) is 31.2 Å². The van der Waals surface area contributed by atoms with Crippen LogP contribution in [0.3, 0.4) is 0 Å². The van der Waals surface area contributed by atoms with Crippen molar-refractivity contribution in [1.29, 1.82) is 0 Å². The van der Waals surface area contributed by atoms with Crippen molar-refractivity contribution < 1.29 is 8.92 Å². The summed E-state index contributed by atoms with van der Waals surface area (Å²) < 4.78 is 10.7. The van der Waals surface area contributed by atoms with Gasteiger partial charge in [-0.25, -0.2) is 5.14 Å². The van der Waals surface area contributed by atoms with Gasteiger partial charge in [-0.05, 0) is 47.4 Å². The van der Waals surface area contributed by atoms with Crippen molar-refractivity contribution in [2.45, 2.75) is 13.5 Å². The quantitative estimate of drug-likeness (QED) is 0.672. The Morgan fingerprint density at radius 1 is 1.17 bits per heavy atom. The molecule has 2 N–H and O–H groups in total. The predicted molar refractivity (Wildman–Crippen MR) is 95.1 cm³/mol. The summed E-state index contributed by atoms with van der Waals surface area (Å²) in [6, 6.07) is 14.8. The lowest BCUT2D eigenvalue weighted by Gasteiger charge is -2.26. The van der Waals surface area contributed by atoms with Crippen molar-refractivity contribution in [1.82, 2.24) is 4.90 Å². The van der Waals surface area contributed by atoms with E-state index in [1.54, 1.807) is 0 Å². The molecular formula is C18H22N2O2S. The smallest absolute Gasteiger partial charge is 0.140 e. The molecule has 0 unspecified atom stereocenters. The number of hydrogen-bond donors (Lipinski definition) is 1. The highest BCUT2D eigenvalue weighted by Gasteiger charge is 2.11. The van der Waals surface area contributed by atoms with Crippen LogP contribution in [-0.2, 0) is 11.3 Å². The average molecular weight is 330 g/mol. The van der Waals surface area contributed by atoms with Crippen LogP contribution >= 0.6 is 12.2 Å². The van der Waals surface area contributed by atoms with Gasteiger partial charge >= 0.3 is 0 Å². The third kappa shape index (κ3) is 4.26. The van der Waals surface area contributed by atoms with Crippen LogP contribution in [0, 0.1) is 6.92 Å². The largest absolute Gasteiger partial charge is 0.410 e. The number of aryl methyl sites for hydroxylation is 1. The summed E-state index contributed by atoms with van der Waals surface area (Å²) in [4.78, 5) is 2.44. The molecule has 122 valence electrons. The van der Waals surface area contributed by atoms with E-state index in [0.29, 0.717) is 0 Å². The van der Waals surface area contributed by atoms with Crippen molar-refractivity contribution in [2.75, 3.05) is 26.3 Å². The van der Waals surface area contributed by atoms with Crippen LogP contribution in [0.5, 0.6) is 5.75 Å². The van der Waals surface area contributed by atoms with Gasteiger partial charge in [0, 0.05) is 19.6 Å². The lowest BCUT2D eigenvalue weighted by Crippen LogP contribution is -2.35. The zero-order chi connectivity index (χ0) is 16.1. The van der Waals surface area contributed by atoms with Gasteiger partial charge in [-0.3, -0.25) is 4.90 Å². The maximum absolute atomic E-state index is 5.41. The molecule has 1 heterocycles. The molecule has 2 aromatic carbocycles. The van der Waals surface area contributed by atoms with Crippen LogP contribution in [0.2, 0.25) is 0 Å². The lowest BCUT2D eigenvalue weighted by molar-refractivity contribution is 0.0342. The number of ether oxygens (including phenoxy) is 1. The van der Waals surface area contributed by atoms with Gasteiger partial charge in [-0.2, -0.15) is 0 Å². The second kappa shape index (κ2) is 7.84. The minimum absolute atomic E-state index is 0.781. The van der Waals surface area contributed by atoms with Crippen molar-refractivity contribution in [2.24, 2.45) is 5.14 Å². The van der Waals surface area contributed by atoms with E-state index in [-0.39, 0.29) is 0 Å². The Hall–Kier alpha value is -1.53. The monoisotopic (exact) mass is 330 g/mol. The number of hydrogen-bond acceptors (Lipinski definition) is 5. The maximum Gasteiger partial charge on any atom is 0.140 e. The SMILES string of the molecule is Cc1cc(OSN)ccc1-c1cccc(CN2CCOCC2)c1. The van der Waals surface area contributed by atoms with Gasteiger partial charge in [0.05, 0.1) is 13.2 Å². The van der Waals surface area contributed by atoms with E-state index < -0.39 is 0 Å². The zero-order valence-electron chi connectivity index (χ0n) is 13.3. The lowest BCUT2D eigenvalue weighted by atomic mass is 9.98. The summed E-state index contributed by atoms with van der Waals surface area (Å²) in [7, 11) is 0. The second-order valence-electron chi connectivity index (χ2n) is 5.75. The fraction of sp³-hybridized carbons (Fsp3) is 0.333. The third-order valence-electron chi connectivity index (χ3n) is 4.09. The topological polar surface area (TPSA) is 47.7 Å². The fourth-order valence-electron chi connectivity index (χ4n) is 2.92. The van der Waals surface area contributed by atoms with E-state index in [2.05, 4.69) is 42.2 Å². The Balaban J connectivity index is 1.78. The first-order valence-electron chi connectivity index (χ1n) is 7.80. The molecule has 5 heteroatoms. The van der Waals surface area contributed by atoms with E-state index >= 15 is 0 Å². The summed E-state index contributed by atoms with van der Waals surface area (Å²) in [5.74, 6) is 0.781. The van der Waals surface area contributed by atoms with Gasteiger partial charge in [-0.1, -0.05) is 24.3 Å². The molecule has 0 radical (unpaired) electrons. The second-order valence-corrected chi connectivity index (χ2v) is 6.10. The van der Waals surface area contributed by atoms with Crippen LogP contribution in [0.4, 0.5) is 0 Å². The van der Waals surface area contributed by atoms with E-state index in [9.17, 15) is 0 Å². The number of nitrogens with zero attached hydrogens (tertiary/aromatic N) is 1. The summed E-state index contributed by atoms with van der Waals surface area (Å²) in [5, 5.41) is 5.35. The van der Waals surface area contributed by atoms with Gasteiger partial charge in [0.2, 0.25) is 0 Å². The van der Waals surface area contributed by atoms with Crippen molar-refractivity contribution in [3.05, 3.63) is 53.6 Å². The molecule has 1 fully saturated rings. The molecule has 0 aliphatic carbocycles. The molecule has 1 aliphatic rings. The predicted octanol–water partition coefficient (Wildman–Crippen LogP) is 3.39. The summed E-state index contributed by atoms with van der Waals surface area (Å²) >= 11 is 0.871. The molecule has 1 aliphatic heterocycles. The Morgan fingerprint density at radius 2 is 2.00 bits per heavy atom. The molecule has 2 aromatic rings. The van der Waals surface area contributed by atoms with E-state index in [1.807, 2.05) is 12.1 Å². The van der Waals surface area contributed by atoms with Crippen LogP contribution < -0.4 is 9.32 Å². The first-order chi connectivity index (χ1) is 11.3. The molecular weight excluding hydrogens is 308 g/mol. The zero-order valence-corrected chi connectivity index (χ0v) is 14.1. The average Bonchev–Trinajstić information content (AvgIpc) is 2.56. The van der Waals surface area contributed by atoms with Gasteiger partial charge < -0.3 is 8.92 Å². The molecule has 0 atom stereocenters. The van der Waals surface area contributed by atoms with Crippen molar-refractivity contribution in [3.8, 4) is 16.9 Å². The molecule has 23 heavy (non-hydrogen) atoms. The Labute approximate surface area is 141 Å². The molecule has 4 nitrogen and oxygen atoms in total. The first-order valence-corrected chi connectivity index (χ1v) is 8.60. The van der Waals surface area contributed by atoms with Gasteiger partial charge in [0.15, 0.2) is 0 Å². The minimum Gasteiger partial charge on any atom is -0.410 e. The van der Waals surface area contributed by atoms with Crippen LogP contribution in [0.25, 0.3) is 11.1 Å². The molecule has 0 amide bonds. The van der Waals surface area contributed by atoms with E-state index in [0.717, 1.165) is 50.8 Å². The third-order valence-corrected chi connectivity index (χ3v) is 4.38. The molecule has 0 saturated carbocycles. The number of benzene rings is 2. The van der Waals surface area contributed by atoms with Crippen molar-refractivity contribution >= 4 is 12.2 Å². The standard InChI is InChI=1S/C18H22N2O2S/c1-14-11-17(22-23-19)5-6-18(14)16-4-2-3-15(12-16)13-20-7-9-21-10-8-20/h2-6,11-12H,7-10,13,19H2,1H3. The molecule has 0 bridgehead atoms. The van der Waals surface area contributed by atoms with Gasteiger partial charge in [-0.15, -0.1) is 0 Å². The number of morpholine rings is 1. The molecule has 1 saturated heterocycles. The number of nitrogens with two attached hydrogens (primary N) is 1. The Bertz CT molecular complexity index is 657. The number of rotatable bonds is 5. The molecule has 0 spiro atoms. The minimum atomic E-state index is 0.781. The summed E-state index contributed by atoms with van der Waals surface area (Å²) in [6.07, 6.45) is 0. The highest BCUT2D eigenvalue weighted by Crippen LogP contribution is 2.28. The molecule has 3 rings (SSSR count). The van der Waals surface area contributed by atoms with Crippen molar-refractivity contribution in [3.63, 3.8) is 0 Å². The Morgan fingerprint density at radius 3 is 2.74 bits per heavy atom. The highest BCUT2D eigenvalue weighted by atomic mass is 32.2. The highest BCUT2D eigenvalue weighted by molar-refractivity contribution is 7.92. The van der Waals surface area contributed by atoms with E-state index in [4.69, 9.17) is 14.1 Å². The first kappa shape index (κ1) is 16.3. The van der Waals surface area contributed by atoms with Gasteiger partial charge in [0.1, 0.15) is 18.0 Å². The summed E-state index contributed by atoms with van der Waals surface area (Å²) in [5.41, 5.74) is 4.98. The van der Waals surface area contributed by atoms with Gasteiger partial charge in [0.25, 0.3) is 0 Å². The van der Waals surface area contributed by atoms with Crippen LogP contribution in [0.15, 0.2) is 42.5 Å². The van der Waals surface area contributed by atoms with Crippen LogP contribution in [0.1, 0.15) is 11.1 Å². The molecule has 0 aromatic heterocycles. The van der Waals surface area contributed by atoms with E-state index in [1.165, 1.54) is 22.3 Å². The summed E-state index contributed by atoms with van der Waals surface area (Å²) in [6.45, 7) is 6.75. The Kier molecular flexibility index (Phi) is 5.56. The maximum atomic E-state index is 5.41. The fourth-order valence-corrected chi connectivity index (χ4v) is 3.14.